The topological polar surface area (TPSA) is 40.5 Å². The number of aliphatic hydroxyl groups is 2. The highest BCUT2D eigenvalue weighted by atomic mass is 16.3. The maximum atomic E-state index is 9.88. The highest BCUT2D eigenvalue weighted by molar-refractivity contribution is 5.91. The molecule has 2 N–H and O–H groups in total. The van der Waals surface area contributed by atoms with E-state index in [1.807, 2.05) is 13.8 Å². The molecular formula is C18H22O2. The Labute approximate surface area is 120 Å². The lowest BCUT2D eigenvalue weighted by atomic mass is 9.70. The van der Waals surface area contributed by atoms with Gasteiger partial charge in [0.2, 0.25) is 0 Å². The van der Waals surface area contributed by atoms with E-state index in [-0.39, 0.29) is 24.5 Å². The fourth-order valence-electron chi connectivity index (χ4n) is 3.67. The average Bonchev–Trinajstić information content (AvgIpc) is 2.81. The average molecular weight is 270 g/mol. The molecule has 0 aliphatic heterocycles. The molecule has 0 saturated heterocycles. The molecule has 0 bridgehead atoms. The molecule has 1 aliphatic rings. The fourth-order valence-corrected chi connectivity index (χ4v) is 3.67. The first kappa shape index (κ1) is 13.6. The minimum absolute atomic E-state index is 0.0745. The second-order valence-corrected chi connectivity index (χ2v) is 6.61. The number of hydrogen-bond donors (Lipinski definition) is 2. The normalized spacial score (nSPS) is 19.5. The summed E-state index contributed by atoms with van der Waals surface area (Å²) < 4.78 is 0. The predicted octanol–water partition coefficient (Wildman–Crippen LogP) is 3.11. The lowest BCUT2D eigenvalue weighted by Gasteiger charge is -2.36. The SMILES string of the molecule is CC(C)(CO)C(CO)C1Cc2cccc3cccc1c23. The maximum absolute atomic E-state index is 9.88. The van der Waals surface area contributed by atoms with E-state index < -0.39 is 0 Å². The number of aliphatic hydroxyl groups excluding tert-OH is 2. The van der Waals surface area contributed by atoms with Gasteiger partial charge in [0.05, 0.1) is 0 Å². The van der Waals surface area contributed by atoms with Gasteiger partial charge in [0, 0.05) is 13.2 Å². The van der Waals surface area contributed by atoms with Crippen molar-refractivity contribution in [1.29, 1.82) is 0 Å². The van der Waals surface area contributed by atoms with Crippen LogP contribution < -0.4 is 0 Å². The van der Waals surface area contributed by atoms with Crippen molar-refractivity contribution in [3.8, 4) is 0 Å². The molecule has 1 aliphatic carbocycles. The van der Waals surface area contributed by atoms with Gasteiger partial charge in [-0.1, -0.05) is 50.2 Å². The van der Waals surface area contributed by atoms with Crippen molar-refractivity contribution < 1.29 is 10.2 Å². The van der Waals surface area contributed by atoms with Crippen LogP contribution in [0.5, 0.6) is 0 Å². The first-order valence-electron chi connectivity index (χ1n) is 7.30. The Bertz CT molecular complexity index is 625. The van der Waals surface area contributed by atoms with E-state index in [2.05, 4.69) is 36.4 Å². The molecule has 0 spiro atoms. The van der Waals surface area contributed by atoms with Crippen molar-refractivity contribution in [2.45, 2.75) is 26.2 Å². The molecule has 0 amide bonds. The number of hydrogen-bond acceptors (Lipinski definition) is 2. The van der Waals surface area contributed by atoms with Crippen molar-refractivity contribution in [2.24, 2.45) is 11.3 Å². The molecule has 0 heterocycles. The van der Waals surface area contributed by atoms with E-state index in [0.717, 1.165) is 6.42 Å². The van der Waals surface area contributed by atoms with Crippen LogP contribution in [0.25, 0.3) is 10.8 Å². The highest BCUT2D eigenvalue weighted by Gasteiger charge is 2.38. The molecule has 0 radical (unpaired) electrons. The van der Waals surface area contributed by atoms with E-state index in [1.165, 1.54) is 21.9 Å². The maximum Gasteiger partial charge on any atom is 0.0485 e. The Morgan fingerprint density at radius 1 is 1.15 bits per heavy atom. The zero-order valence-corrected chi connectivity index (χ0v) is 12.1. The molecule has 2 aromatic carbocycles. The molecule has 0 saturated carbocycles. The first-order chi connectivity index (χ1) is 9.58. The van der Waals surface area contributed by atoms with Gasteiger partial charge in [-0.05, 0) is 45.6 Å². The second kappa shape index (κ2) is 4.87. The molecule has 20 heavy (non-hydrogen) atoms. The van der Waals surface area contributed by atoms with Crippen LogP contribution >= 0.6 is 0 Å². The van der Waals surface area contributed by atoms with Gasteiger partial charge in [0.1, 0.15) is 0 Å². The van der Waals surface area contributed by atoms with Crippen molar-refractivity contribution >= 4 is 10.8 Å². The van der Waals surface area contributed by atoms with Crippen molar-refractivity contribution in [3.05, 3.63) is 47.5 Å². The lowest BCUT2D eigenvalue weighted by molar-refractivity contribution is 0.0411. The van der Waals surface area contributed by atoms with Gasteiger partial charge in [-0.2, -0.15) is 0 Å². The Hall–Kier alpha value is -1.38. The van der Waals surface area contributed by atoms with Crippen LogP contribution in [0.1, 0.15) is 30.9 Å². The molecule has 0 fully saturated rings. The quantitative estimate of drug-likeness (QED) is 0.896. The summed E-state index contributed by atoms with van der Waals surface area (Å²) >= 11 is 0. The van der Waals surface area contributed by atoms with Crippen molar-refractivity contribution in [1.82, 2.24) is 0 Å². The largest absolute Gasteiger partial charge is 0.396 e. The van der Waals surface area contributed by atoms with Gasteiger partial charge in [0.15, 0.2) is 0 Å². The third-order valence-corrected chi connectivity index (χ3v) is 4.96. The second-order valence-electron chi connectivity index (χ2n) is 6.61. The molecule has 2 atom stereocenters. The summed E-state index contributed by atoms with van der Waals surface area (Å²) in [4.78, 5) is 0. The molecule has 2 heteroatoms. The third kappa shape index (κ3) is 1.95. The zero-order chi connectivity index (χ0) is 14.3. The summed E-state index contributed by atoms with van der Waals surface area (Å²) in [6, 6.07) is 12.9. The van der Waals surface area contributed by atoms with E-state index in [1.54, 1.807) is 0 Å². The smallest absolute Gasteiger partial charge is 0.0485 e. The van der Waals surface area contributed by atoms with Crippen LogP contribution in [0, 0.1) is 11.3 Å². The van der Waals surface area contributed by atoms with Crippen LogP contribution in [-0.4, -0.2) is 23.4 Å². The van der Waals surface area contributed by atoms with Crippen LogP contribution in [0.4, 0.5) is 0 Å². The Morgan fingerprint density at radius 2 is 1.85 bits per heavy atom. The van der Waals surface area contributed by atoms with Gasteiger partial charge in [0.25, 0.3) is 0 Å². The molecule has 106 valence electrons. The summed E-state index contributed by atoms with van der Waals surface area (Å²) in [6.07, 6.45) is 0.964. The van der Waals surface area contributed by atoms with Crippen molar-refractivity contribution in [2.75, 3.05) is 13.2 Å². The Morgan fingerprint density at radius 3 is 2.50 bits per heavy atom. The van der Waals surface area contributed by atoms with Crippen molar-refractivity contribution in [3.63, 3.8) is 0 Å². The first-order valence-corrected chi connectivity index (χ1v) is 7.30. The third-order valence-electron chi connectivity index (χ3n) is 4.96. The highest BCUT2D eigenvalue weighted by Crippen LogP contribution is 2.47. The summed E-state index contributed by atoms with van der Waals surface area (Å²) in [5.74, 6) is 0.369. The van der Waals surface area contributed by atoms with E-state index in [0.29, 0.717) is 5.92 Å². The van der Waals surface area contributed by atoms with E-state index in [9.17, 15) is 10.2 Å². The van der Waals surface area contributed by atoms with Gasteiger partial charge in [-0.3, -0.25) is 0 Å². The minimum atomic E-state index is -0.274. The molecular weight excluding hydrogens is 248 g/mol. The molecule has 0 aromatic heterocycles. The van der Waals surface area contributed by atoms with Gasteiger partial charge >= 0.3 is 0 Å². The fraction of sp³-hybridized carbons (Fsp3) is 0.444. The van der Waals surface area contributed by atoms with Gasteiger partial charge in [-0.15, -0.1) is 0 Å². The van der Waals surface area contributed by atoms with Crippen LogP contribution in [0.3, 0.4) is 0 Å². The van der Waals surface area contributed by atoms with E-state index in [4.69, 9.17) is 0 Å². The minimum Gasteiger partial charge on any atom is -0.396 e. The summed E-state index contributed by atoms with van der Waals surface area (Å²) in [5.41, 5.74) is 2.43. The lowest BCUT2D eigenvalue weighted by Crippen LogP contribution is -2.35. The monoisotopic (exact) mass is 270 g/mol. The predicted molar refractivity (Wildman–Crippen MR) is 81.8 cm³/mol. The zero-order valence-electron chi connectivity index (χ0n) is 12.1. The molecule has 2 nitrogen and oxygen atoms in total. The van der Waals surface area contributed by atoms with Crippen LogP contribution in [0.15, 0.2) is 36.4 Å². The molecule has 3 rings (SSSR count). The van der Waals surface area contributed by atoms with Crippen LogP contribution in [-0.2, 0) is 6.42 Å². The molecule has 2 unspecified atom stereocenters. The Balaban J connectivity index is 2.10. The molecule has 2 aromatic rings. The summed E-state index contributed by atoms with van der Waals surface area (Å²) in [5, 5.41) is 22.2. The Kier molecular flexibility index (Phi) is 3.31. The number of rotatable bonds is 4. The summed E-state index contributed by atoms with van der Waals surface area (Å²) in [7, 11) is 0. The van der Waals surface area contributed by atoms with Crippen LogP contribution in [0.2, 0.25) is 0 Å². The van der Waals surface area contributed by atoms with Gasteiger partial charge < -0.3 is 10.2 Å². The standard InChI is InChI=1S/C18H22O2/c1-18(2,11-20)16(10-19)15-9-13-7-3-5-12-6-4-8-14(15)17(12)13/h3-8,15-16,19-20H,9-11H2,1-2H3. The number of benzene rings is 2. The van der Waals surface area contributed by atoms with E-state index >= 15 is 0 Å². The summed E-state index contributed by atoms with van der Waals surface area (Å²) in [6.45, 7) is 4.29. The van der Waals surface area contributed by atoms with Gasteiger partial charge in [-0.25, -0.2) is 0 Å².